The number of carbonyl (C=O) groups excluding carboxylic acids is 1. The minimum absolute atomic E-state index is 0.0702. The normalized spacial score (nSPS) is 19.6. The van der Waals surface area contributed by atoms with E-state index in [9.17, 15) is 4.79 Å². The zero-order valence-corrected chi connectivity index (χ0v) is 12.4. The van der Waals surface area contributed by atoms with Gasteiger partial charge in [0.1, 0.15) is 5.92 Å². The number of ether oxygens (including phenoxy) is 1. The molecule has 0 bridgehead atoms. The topological polar surface area (TPSA) is 55.6 Å². The number of amides is 1. The number of hydrogen-bond acceptors (Lipinski definition) is 3. The molecule has 0 saturated carbocycles. The number of nitrogens with two attached hydrogens (primary N) is 1. The first-order valence-corrected chi connectivity index (χ1v) is 7.21. The number of hydrogen-bond donors (Lipinski definition) is 1. The van der Waals surface area contributed by atoms with Crippen LogP contribution in [0.2, 0.25) is 0 Å². The van der Waals surface area contributed by atoms with Crippen LogP contribution in [0, 0.1) is 0 Å². The predicted molar refractivity (Wildman–Crippen MR) is 82.6 cm³/mol. The molecule has 20 heavy (non-hydrogen) atoms. The summed E-state index contributed by atoms with van der Waals surface area (Å²) >= 11 is 5.08. The summed E-state index contributed by atoms with van der Waals surface area (Å²) in [5.41, 5.74) is 6.61. The van der Waals surface area contributed by atoms with Crippen molar-refractivity contribution in [2.24, 2.45) is 5.73 Å². The fraction of sp³-hybridized carbons (Fsp3) is 0.467. The zero-order chi connectivity index (χ0) is 14.5. The summed E-state index contributed by atoms with van der Waals surface area (Å²) in [5.74, 6) is -0.628. The number of benzene rings is 1. The molecule has 1 saturated heterocycles. The SMILES string of the molecule is CN(CC1CCCO1)C(=O)C(C(N)=S)c1ccccc1. The highest BCUT2D eigenvalue weighted by molar-refractivity contribution is 7.80. The summed E-state index contributed by atoms with van der Waals surface area (Å²) in [5, 5.41) is 0. The van der Waals surface area contributed by atoms with Crippen molar-refractivity contribution in [2.45, 2.75) is 24.9 Å². The van der Waals surface area contributed by atoms with Crippen LogP contribution in [0.3, 0.4) is 0 Å². The Kier molecular flexibility index (Phi) is 5.09. The van der Waals surface area contributed by atoms with Crippen LogP contribution < -0.4 is 5.73 Å². The van der Waals surface area contributed by atoms with E-state index in [-0.39, 0.29) is 17.0 Å². The standard InChI is InChI=1S/C15H20N2O2S/c1-17(10-12-8-5-9-19-12)15(18)13(14(16)20)11-6-3-2-4-7-11/h2-4,6-7,12-13H,5,8-10H2,1H3,(H2,16,20). The first kappa shape index (κ1) is 14.9. The van der Waals surface area contributed by atoms with E-state index in [0.29, 0.717) is 6.54 Å². The molecular formula is C15H20N2O2S. The van der Waals surface area contributed by atoms with Crippen molar-refractivity contribution in [3.8, 4) is 0 Å². The number of thiocarbonyl (C=S) groups is 1. The van der Waals surface area contributed by atoms with Gasteiger partial charge in [0, 0.05) is 20.2 Å². The number of rotatable bonds is 5. The Morgan fingerprint density at radius 2 is 2.20 bits per heavy atom. The maximum Gasteiger partial charge on any atom is 0.236 e. The fourth-order valence-corrected chi connectivity index (χ4v) is 2.72. The van der Waals surface area contributed by atoms with Crippen molar-refractivity contribution in [1.29, 1.82) is 0 Å². The monoisotopic (exact) mass is 292 g/mol. The lowest BCUT2D eigenvalue weighted by Gasteiger charge is -2.25. The van der Waals surface area contributed by atoms with Crippen molar-refractivity contribution in [3.05, 3.63) is 35.9 Å². The lowest BCUT2D eigenvalue weighted by atomic mass is 9.97. The van der Waals surface area contributed by atoms with E-state index in [1.54, 1.807) is 11.9 Å². The van der Waals surface area contributed by atoms with Gasteiger partial charge in [-0.1, -0.05) is 42.5 Å². The molecule has 2 N–H and O–H groups in total. The van der Waals surface area contributed by atoms with E-state index in [1.807, 2.05) is 30.3 Å². The fourth-order valence-electron chi connectivity index (χ4n) is 2.48. The molecule has 2 rings (SSSR count). The van der Waals surface area contributed by atoms with Crippen molar-refractivity contribution < 1.29 is 9.53 Å². The van der Waals surface area contributed by atoms with Crippen LogP contribution in [-0.4, -0.2) is 42.1 Å². The maximum atomic E-state index is 12.6. The molecule has 1 aromatic carbocycles. The molecule has 1 aliphatic rings. The van der Waals surface area contributed by atoms with E-state index in [2.05, 4.69) is 0 Å². The highest BCUT2D eigenvalue weighted by Crippen LogP contribution is 2.20. The minimum atomic E-state index is -0.558. The lowest BCUT2D eigenvalue weighted by molar-refractivity contribution is -0.131. The third-order valence-electron chi connectivity index (χ3n) is 3.54. The van der Waals surface area contributed by atoms with E-state index in [1.165, 1.54) is 0 Å². The molecule has 1 aliphatic heterocycles. The molecule has 1 heterocycles. The van der Waals surface area contributed by atoms with Gasteiger partial charge in [0.05, 0.1) is 11.1 Å². The molecule has 4 nitrogen and oxygen atoms in total. The third kappa shape index (κ3) is 3.55. The molecule has 108 valence electrons. The van der Waals surface area contributed by atoms with Gasteiger partial charge in [0.2, 0.25) is 5.91 Å². The van der Waals surface area contributed by atoms with Crippen LogP contribution in [0.4, 0.5) is 0 Å². The molecule has 1 fully saturated rings. The van der Waals surface area contributed by atoms with Gasteiger partial charge in [-0.25, -0.2) is 0 Å². The van der Waals surface area contributed by atoms with Crippen molar-refractivity contribution in [2.75, 3.05) is 20.2 Å². The molecule has 5 heteroatoms. The smallest absolute Gasteiger partial charge is 0.236 e. The Hall–Kier alpha value is -1.46. The predicted octanol–water partition coefficient (Wildman–Crippen LogP) is 1.69. The van der Waals surface area contributed by atoms with Crippen LogP contribution in [-0.2, 0) is 9.53 Å². The first-order chi connectivity index (χ1) is 9.59. The number of likely N-dealkylation sites (N-methyl/N-ethyl adjacent to an activating group) is 1. The minimum Gasteiger partial charge on any atom is -0.392 e. The number of nitrogens with zero attached hydrogens (tertiary/aromatic N) is 1. The van der Waals surface area contributed by atoms with Crippen molar-refractivity contribution in [1.82, 2.24) is 4.90 Å². The van der Waals surface area contributed by atoms with Crippen LogP contribution in [0.1, 0.15) is 24.3 Å². The van der Waals surface area contributed by atoms with Gasteiger partial charge >= 0.3 is 0 Å². The molecule has 0 radical (unpaired) electrons. The van der Waals surface area contributed by atoms with Crippen LogP contribution in [0.25, 0.3) is 0 Å². The van der Waals surface area contributed by atoms with Crippen LogP contribution >= 0.6 is 12.2 Å². The summed E-state index contributed by atoms with van der Waals surface area (Å²) in [6.45, 7) is 1.37. The summed E-state index contributed by atoms with van der Waals surface area (Å²) in [6.07, 6.45) is 2.19. The van der Waals surface area contributed by atoms with E-state index >= 15 is 0 Å². The highest BCUT2D eigenvalue weighted by Gasteiger charge is 2.28. The Labute approximate surface area is 124 Å². The van der Waals surface area contributed by atoms with E-state index < -0.39 is 5.92 Å². The zero-order valence-electron chi connectivity index (χ0n) is 11.6. The third-order valence-corrected chi connectivity index (χ3v) is 3.78. The molecule has 2 atom stereocenters. The number of carbonyl (C=O) groups is 1. The van der Waals surface area contributed by atoms with Crippen LogP contribution in [0.5, 0.6) is 0 Å². The van der Waals surface area contributed by atoms with Gasteiger partial charge in [0.25, 0.3) is 0 Å². The summed E-state index contributed by atoms with van der Waals surface area (Å²) in [6, 6.07) is 9.42. The molecule has 1 amide bonds. The van der Waals surface area contributed by atoms with Gasteiger partial charge in [-0.05, 0) is 18.4 Å². The van der Waals surface area contributed by atoms with E-state index in [0.717, 1.165) is 25.0 Å². The average Bonchev–Trinajstić information content (AvgIpc) is 2.92. The molecule has 0 spiro atoms. The Balaban J connectivity index is 2.08. The second kappa shape index (κ2) is 6.81. The summed E-state index contributed by atoms with van der Waals surface area (Å²) in [7, 11) is 1.78. The quantitative estimate of drug-likeness (QED) is 0.839. The van der Waals surface area contributed by atoms with E-state index in [4.69, 9.17) is 22.7 Å². The Bertz CT molecular complexity index is 472. The van der Waals surface area contributed by atoms with Gasteiger partial charge in [-0.15, -0.1) is 0 Å². The average molecular weight is 292 g/mol. The Morgan fingerprint density at radius 3 is 2.75 bits per heavy atom. The second-order valence-corrected chi connectivity index (χ2v) is 5.57. The molecular weight excluding hydrogens is 272 g/mol. The van der Waals surface area contributed by atoms with Crippen molar-refractivity contribution >= 4 is 23.1 Å². The van der Waals surface area contributed by atoms with Gasteiger partial charge in [-0.3, -0.25) is 4.79 Å². The molecule has 1 aromatic rings. The summed E-state index contributed by atoms with van der Waals surface area (Å²) in [4.78, 5) is 14.5. The molecule has 2 unspecified atom stereocenters. The lowest BCUT2D eigenvalue weighted by Crippen LogP contribution is -2.41. The Morgan fingerprint density at radius 1 is 1.50 bits per heavy atom. The van der Waals surface area contributed by atoms with Gasteiger partial charge in [0.15, 0.2) is 0 Å². The summed E-state index contributed by atoms with van der Waals surface area (Å²) < 4.78 is 5.56. The van der Waals surface area contributed by atoms with Gasteiger partial charge in [-0.2, -0.15) is 0 Å². The molecule has 0 aliphatic carbocycles. The van der Waals surface area contributed by atoms with Gasteiger partial charge < -0.3 is 15.4 Å². The first-order valence-electron chi connectivity index (χ1n) is 6.80. The maximum absolute atomic E-state index is 12.6. The largest absolute Gasteiger partial charge is 0.392 e. The van der Waals surface area contributed by atoms with Crippen molar-refractivity contribution in [3.63, 3.8) is 0 Å². The second-order valence-electron chi connectivity index (χ2n) is 5.10. The molecule has 0 aromatic heterocycles. The highest BCUT2D eigenvalue weighted by atomic mass is 32.1. The van der Waals surface area contributed by atoms with Crippen LogP contribution in [0.15, 0.2) is 30.3 Å².